The van der Waals surface area contributed by atoms with Crippen molar-refractivity contribution in [3.8, 4) is 0 Å². The highest BCUT2D eigenvalue weighted by atomic mass is 16.7. The minimum absolute atomic E-state index is 0.0853. The van der Waals surface area contributed by atoms with Crippen LogP contribution in [0.2, 0.25) is 0 Å². The van der Waals surface area contributed by atoms with E-state index in [-0.39, 0.29) is 18.2 Å². The van der Waals surface area contributed by atoms with E-state index in [9.17, 15) is 9.59 Å². The molecule has 130 valence electrons. The lowest BCUT2D eigenvalue weighted by Crippen LogP contribution is -2.48. The van der Waals surface area contributed by atoms with Crippen LogP contribution in [0.3, 0.4) is 0 Å². The fourth-order valence-electron chi connectivity index (χ4n) is 3.20. The maximum atomic E-state index is 12.4. The molecule has 0 N–H and O–H groups in total. The van der Waals surface area contributed by atoms with Gasteiger partial charge in [-0.25, -0.2) is 0 Å². The summed E-state index contributed by atoms with van der Waals surface area (Å²) in [5.41, 5.74) is 1.05. The van der Waals surface area contributed by atoms with Gasteiger partial charge in [0.1, 0.15) is 6.42 Å². The Bertz CT molecular complexity index is 574. The zero-order chi connectivity index (χ0) is 17.0. The van der Waals surface area contributed by atoms with Crippen LogP contribution in [0.4, 0.5) is 0 Å². The van der Waals surface area contributed by atoms with Gasteiger partial charge in [-0.15, -0.1) is 0 Å². The highest BCUT2D eigenvalue weighted by Gasteiger charge is 2.40. The molecule has 2 aliphatic rings. The van der Waals surface area contributed by atoms with Crippen LogP contribution in [0.15, 0.2) is 30.3 Å². The van der Waals surface area contributed by atoms with Crippen LogP contribution in [0, 0.1) is 0 Å². The molecule has 3 rings (SSSR count). The summed E-state index contributed by atoms with van der Waals surface area (Å²) in [5, 5.41) is 0. The molecule has 0 bridgehead atoms. The molecule has 2 fully saturated rings. The lowest BCUT2D eigenvalue weighted by Gasteiger charge is -2.37. The van der Waals surface area contributed by atoms with Crippen LogP contribution in [-0.2, 0) is 25.6 Å². The summed E-state index contributed by atoms with van der Waals surface area (Å²) in [5.74, 6) is -0.768. The molecule has 0 radical (unpaired) electrons. The Hall–Kier alpha value is -1.92. The third-order valence-electron chi connectivity index (χ3n) is 4.68. The topological polar surface area (TPSA) is 59.1 Å². The van der Waals surface area contributed by atoms with Crippen molar-refractivity contribution in [2.75, 3.05) is 33.4 Å². The summed E-state index contributed by atoms with van der Waals surface area (Å²) in [4.78, 5) is 28.0. The molecule has 2 amide bonds. The van der Waals surface area contributed by atoms with Crippen molar-refractivity contribution < 1.29 is 19.1 Å². The quantitative estimate of drug-likeness (QED) is 0.782. The summed E-state index contributed by atoms with van der Waals surface area (Å²) in [6, 6.07) is 9.76. The first-order valence-corrected chi connectivity index (χ1v) is 8.42. The first-order chi connectivity index (χ1) is 11.6. The van der Waals surface area contributed by atoms with Gasteiger partial charge >= 0.3 is 0 Å². The highest BCUT2D eigenvalue weighted by Crippen LogP contribution is 2.31. The monoisotopic (exact) mass is 332 g/mol. The molecule has 24 heavy (non-hydrogen) atoms. The number of rotatable bonds is 4. The van der Waals surface area contributed by atoms with Gasteiger partial charge in [0.05, 0.1) is 13.2 Å². The number of ether oxygens (including phenoxy) is 2. The van der Waals surface area contributed by atoms with E-state index in [0.717, 1.165) is 5.56 Å². The number of hydrogen-bond donors (Lipinski definition) is 0. The largest absolute Gasteiger partial charge is 0.347 e. The van der Waals surface area contributed by atoms with E-state index in [1.807, 2.05) is 30.3 Å². The Morgan fingerprint density at radius 1 is 1.12 bits per heavy atom. The molecule has 2 saturated heterocycles. The van der Waals surface area contributed by atoms with E-state index in [1.165, 1.54) is 0 Å². The maximum Gasteiger partial charge on any atom is 0.232 e. The van der Waals surface area contributed by atoms with Crippen molar-refractivity contribution >= 4 is 11.8 Å². The van der Waals surface area contributed by atoms with Crippen LogP contribution in [0.5, 0.6) is 0 Å². The third kappa shape index (κ3) is 3.94. The number of benzene rings is 1. The molecular formula is C18H24N2O4. The average molecular weight is 332 g/mol. The molecule has 0 unspecified atom stereocenters. The molecule has 6 heteroatoms. The zero-order valence-electron chi connectivity index (χ0n) is 14.1. The normalized spacial score (nSPS) is 19.5. The van der Waals surface area contributed by atoms with Crippen LogP contribution >= 0.6 is 0 Å². The smallest absolute Gasteiger partial charge is 0.232 e. The Balaban J connectivity index is 1.47. The molecule has 2 aliphatic heterocycles. The van der Waals surface area contributed by atoms with Crippen LogP contribution in [0.25, 0.3) is 0 Å². The van der Waals surface area contributed by atoms with Crippen molar-refractivity contribution in [2.45, 2.75) is 31.6 Å². The molecule has 6 nitrogen and oxygen atoms in total. The predicted octanol–water partition coefficient (Wildman–Crippen LogP) is 1.40. The minimum Gasteiger partial charge on any atom is -0.347 e. The molecule has 1 aromatic rings. The number of piperidine rings is 1. The van der Waals surface area contributed by atoms with E-state index in [4.69, 9.17) is 9.47 Å². The van der Waals surface area contributed by atoms with Crippen molar-refractivity contribution in [1.82, 2.24) is 9.80 Å². The summed E-state index contributed by atoms with van der Waals surface area (Å²) < 4.78 is 11.3. The predicted molar refractivity (Wildman–Crippen MR) is 88.0 cm³/mol. The van der Waals surface area contributed by atoms with Gasteiger partial charge in [-0.1, -0.05) is 30.3 Å². The number of amides is 2. The fraction of sp³-hybridized carbons (Fsp3) is 0.556. The molecule has 1 spiro atoms. The second kappa shape index (κ2) is 7.32. The van der Waals surface area contributed by atoms with Crippen molar-refractivity contribution in [3.05, 3.63) is 35.9 Å². The van der Waals surface area contributed by atoms with E-state index < -0.39 is 5.79 Å². The van der Waals surface area contributed by atoms with Gasteiger partial charge in [0.25, 0.3) is 0 Å². The number of likely N-dealkylation sites (tertiary alicyclic amines) is 1. The Kier molecular flexibility index (Phi) is 5.16. The second-order valence-corrected chi connectivity index (χ2v) is 6.40. The zero-order valence-corrected chi connectivity index (χ0v) is 14.1. The third-order valence-corrected chi connectivity index (χ3v) is 4.68. The van der Waals surface area contributed by atoms with Crippen LogP contribution in [0.1, 0.15) is 24.8 Å². The van der Waals surface area contributed by atoms with Crippen molar-refractivity contribution in [2.24, 2.45) is 0 Å². The van der Waals surface area contributed by atoms with E-state index in [0.29, 0.717) is 45.7 Å². The van der Waals surface area contributed by atoms with E-state index in [1.54, 1.807) is 16.8 Å². The molecule has 0 aliphatic carbocycles. The first-order valence-electron chi connectivity index (χ1n) is 8.42. The van der Waals surface area contributed by atoms with Crippen LogP contribution in [-0.4, -0.2) is 60.8 Å². The second-order valence-electron chi connectivity index (χ2n) is 6.40. The van der Waals surface area contributed by atoms with Gasteiger partial charge in [-0.2, -0.15) is 0 Å². The molecule has 0 saturated carbocycles. The molecular weight excluding hydrogens is 308 g/mol. The average Bonchev–Trinajstić information content (AvgIpc) is 3.04. The lowest BCUT2D eigenvalue weighted by atomic mass is 10.0. The summed E-state index contributed by atoms with van der Waals surface area (Å²) >= 11 is 0. The standard InChI is InChI=1S/C18H24N2O4/c1-19(14-15-5-3-2-4-6-15)16(21)13-17(22)20-9-7-18(8-10-20)23-11-12-24-18/h2-6H,7-14H2,1H3. The number of hydrogen-bond acceptors (Lipinski definition) is 4. The molecule has 1 aromatic carbocycles. The van der Waals surface area contributed by atoms with Gasteiger partial charge in [-0.05, 0) is 5.56 Å². The summed E-state index contributed by atoms with van der Waals surface area (Å²) in [6.07, 6.45) is 1.26. The number of nitrogens with zero attached hydrogens (tertiary/aromatic N) is 2. The minimum atomic E-state index is -0.495. The SMILES string of the molecule is CN(Cc1ccccc1)C(=O)CC(=O)N1CCC2(CC1)OCCO2. The summed E-state index contributed by atoms with van der Waals surface area (Å²) in [6.45, 7) is 2.91. The fourth-order valence-corrected chi connectivity index (χ4v) is 3.20. The number of carbonyl (C=O) groups is 2. The highest BCUT2D eigenvalue weighted by molar-refractivity contribution is 5.96. The van der Waals surface area contributed by atoms with Crippen molar-refractivity contribution in [3.63, 3.8) is 0 Å². The van der Waals surface area contributed by atoms with Gasteiger partial charge in [0.2, 0.25) is 11.8 Å². The van der Waals surface area contributed by atoms with Gasteiger partial charge in [0, 0.05) is 39.5 Å². The van der Waals surface area contributed by atoms with Crippen LogP contribution < -0.4 is 0 Å². The molecule has 2 heterocycles. The maximum absolute atomic E-state index is 12.4. The van der Waals surface area contributed by atoms with Gasteiger partial charge in [0.15, 0.2) is 5.79 Å². The van der Waals surface area contributed by atoms with E-state index >= 15 is 0 Å². The molecule has 0 aromatic heterocycles. The van der Waals surface area contributed by atoms with Gasteiger partial charge in [-0.3, -0.25) is 9.59 Å². The first kappa shape index (κ1) is 16.9. The van der Waals surface area contributed by atoms with Crippen molar-refractivity contribution in [1.29, 1.82) is 0 Å². The Morgan fingerprint density at radius 3 is 2.38 bits per heavy atom. The molecule has 0 atom stereocenters. The van der Waals surface area contributed by atoms with Gasteiger partial charge < -0.3 is 19.3 Å². The van der Waals surface area contributed by atoms with E-state index in [2.05, 4.69) is 0 Å². The Labute approximate surface area is 142 Å². The Morgan fingerprint density at radius 2 is 1.75 bits per heavy atom. The lowest BCUT2D eigenvalue weighted by molar-refractivity contribution is -0.187. The summed E-state index contributed by atoms with van der Waals surface area (Å²) in [7, 11) is 1.73. The number of carbonyl (C=O) groups excluding carboxylic acids is 2.